The second-order valence-corrected chi connectivity index (χ2v) is 7.99. The molecule has 1 atom stereocenters. The van der Waals surface area contributed by atoms with E-state index in [1.807, 2.05) is 25.3 Å². The van der Waals surface area contributed by atoms with Gasteiger partial charge >= 0.3 is 11.8 Å². The van der Waals surface area contributed by atoms with Crippen molar-refractivity contribution < 1.29 is 14.4 Å². The Morgan fingerprint density at radius 1 is 1.13 bits per heavy atom. The van der Waals surface area contributed by atoms with Crippen molar-refractivity contribution in [3.63, 3.8) is 0 Å². The van der Waals surface area contributed by atoms with E-state index in [1.165, 1.54) is 10.9 Å². The van der Waals surface area contributed by atoms with Crippen LogP contribution in [0.25, 0.3) is 10.9 Å². The molecule has 1 aromatic heterocycles. The molecule has 7 nitrogen and oxygen atoms in total. The zero-order chi connectivity index (χ0) is 21.3. The fraction of sp³-hybridized carbons (Fsp3) is 0.522. The van der Waals surface area contributed by atoms with Gasteiger partial charge in [-0.25, -0.2) is 0 Å². The topological polar surface area (TPSA) is 83.4 Å². The van der Waals surface area contributed by atoms with Gasteiger partial charge in [0, 0.05) is 50.9 Å². The number of nitrogens with zero attached hydrogens (tertiary/aromatic N) is 2. The van der Waals surface area contributed by atoms with Crippen LogP contribution in [-0.4, -0.2) is 53.4 Å². The van der Waals surface area contributed by atoms with E-state index < -0.39 is 11.8 Å². The average Bonchev–Trinajstić information content (AvgIpc) is 3.18. The van der Waals surface area contributed by atoms with Crippen LogP contribution in [0.2, 0.25) is 0 Å². The quantitative estimate of drug-likeness (QED) is 0.516. The Balaban J connectivity index is 1.39. The maximum atomic E-state index is 12.5. The second kappa shape index (κ2) is 10.8. The standard InChI is InChI=1S/C23H32N4O3/c1-2-7-21(28)25-16-18-8-5-13-27(17-18)23(30)22(29)24-12-6-14-26-15-11-19-9-3-4-10-20(19)26/h3-4,9-11,15,18H,2,5-8,12-14,16-17H2,1H3,(H,24,29)(H,25,28). The van der Waals surface area contributed by atoms with Gasteiger partial charge in [0.05, 0.1) is 0 Å². The number of benzene rings is 1. The van der Waals surface area contributed by atoms with E-state index in [9.17, 15) is 14.4 Å². The fourth-order valence-electron chi connectivity index (χ4n) is 4.00. The first kappa shape index (κ1) is 21.9. The lowest BCUT2D eigenvalue weighted by Gasteiger charge is -2.32. The monoisotopic (exact) mass is 412 g/mol. The third kappa shape index (κ3) is 5.84. The van der Waals surface area contributed by atoms with E-state index in [2.05, 4.69) is 33.4 Å². The first-order valence-corrected chi connectivity index (χ1v) is 11.0. The molecule has 3 amide bonds. The maximum absolute atomic E-state index is 12.5. The molecule has 7 heteroatoms. The number of rotatable bonds is 8. The van der Waals surface area contributed by atoms with Gasteiger partial charge < -0.3 is 20.1 Å². The first-order chi connectivity index (χ1) is 14.6. The SMILES string of the molecule is CCCC(=O)NCC1CCCN(C(=O)C(=O)NCCCn2ccc3ccccc32)C1. The summed E-state index contributed by atoms with van der Waals surface area (Å²) in [5, 5.41) is 6.89. The summed E-state index contributed by atoms with van der Waals surface area (Å²) < 4.78 is 2.16. The summed E-state index contributed by atoms with van der Waals surface area (Å²) in [5.41, 5.74) is 1.17. The number of piperidine rings is 1. The van der Waals surface area contributed by atoms with Crippen molar-refractivity contribution in [2.45, 2.75) is 45.6 Å². The van der Waals surface area contributed by atoms with Crippen LogP contribution in [-0.2, 0) is 20.9 Å². The predicted octanol–water partition coefficient (Wildman–Crippen LogP) is 2.30. The van der Waals surface area contributed by atoms with Crippen molar-refractivity contribution in [2.24, 2.45) is 5.92 Å². The first-order valence-electron chi connectivity index (χ1n) is 11.0. The molecule has 2 aromatic rings. The number of para-hydroxylation sites is 1. The van der Waals surface area contributed by atoms with Gasteiger partial charge in [-0.15, -0.1) is 0 Å². The Morgan fingerprint density at radius 3 is 2.80 bits per heavy atom. The summed E-state index contributed by atoms with van der Waals surface area (Å²) in [6.45, 7) is 4.90. The molecule has 1 aliphatic heterocycles. The van der Waals surface area contributed by atoms with Gasteiger partial charge in [-0.2, -0.15) is 0 Å². The van der Waals surface area contributed by atoms with Crippen molar-refractivity contribution in [2.75, 3.05) is 26.2 Å². The molecular weight excluding hydrogens is 380 g/mol. The largest absolute Gasteiger partial charge is 0.356 e. The molecule has 0 saturated carbocycles. The summed E-state index contributed by atoms with van der Waals surface area (Å²) in [4.78, 5) is 38.1. The smallest absolute Gasteiger partial charge is 0.311 e. The van der Waals surface area contributed by atoms with E-state index in [1.54, 1.807) is 4.90 Å². The number of hydrogen-bond acceptors (Lipinski definition) is 3. The molecule has 1 aromatic carbocycles. The second-order valence-electron chi connectivity index (χ2n) is 7.99. The van der Waals surface area contributed by atoms with Gasteiger partial charge in [-0.1, -0.05) is 25.1 Å². The van der Waals surface area contributed by atoms with E-state index in [0.717, 1.165) is 32.2 Å². The van der Waals surface area contributed by atoms with Crippen molar-refractivity contribution in [3.8, 4) is 0 Å². The minimum absolute atomic E-state index is 0.0502. The van der Waals surface area contributed by atoms with Crippen molar-refractivity contribution in [1.29, 1.82) is 0 Å². The highest BCUT2D eigenvalue weighted by Crippen LogP contribution is 2.16. The molecule has 1 fully saturated rings. The normalized spacial score (nSPS) is 16.4. The van der Waals surface area contributed by atoms with E-state index in [4.69, 9.17) is 0 Å². The number of carbonyl (C=O) groups excluding carboxylic acids is 3. The lowest BCUT2D eigenvalue weighted by Crippen LogP contribution is -2.49. The van der Waals surface area contributed by atoms with E-state index in [0.29, 0.717) is 32.6 Å². The summed E-state index contributed by atoms with van der Waals surface area (Å²) in [5.74, 6) is -0.749. The maximum Gasteiger partial charge on any atom is 0.311 e. The molecule has 162 valence electrons. The Hall–Kier alpha value is -2.83. The molecule has 30 heavy (non-hydrogen) atoms. The van der Waals surface area contributed by atoms with Crippen molar-refractivity contribution >= 4 is 28.6 Å². The Labute approximate surface area is 177 Å². The van der Waals surface area contributed by atoms with Gasteiger partial charge in [0.1, 0.15) is 0 Å². The van der Waals surface area contributed by atoms with Gasteiger partial charge in [-0.05, 0) is 49.1 Å². The van der Waals surface area contributed by atoms with Crippen molar-refractivity contribution in [1.82, 2.24) is 20.1 Å². The highest BCUT2D eigenvalue weighted by atomic mass is 16.2. The van der Waals surface area contributed by atoms with Gasteiger partial charge in [0.25, 0.3) is 0 Å². The van der Waals surface area contributed by atoms with E-state index >= 15 is 0 Å². The van der Waals surface area contributed by atoms with E-state index in [-0.39, 0.29) is 11.8 Å². The minimum atomic E-state index is -0.539. The molecule has 0 spiro atoms. The molecule has 3 rings (SSSR count). The van der Waals surface area contributed by atoms with Crippen LogP contribution >= 0.6 is 0 Å². The number of hydrogen-bond donors (Lipinski definition) is 2. The molecule has 1 saturated heterocycles. The number of likely N-dealkylation sites (tertiary alicyclic amines) is 1. The number of aryl methyl sites for hydroxylation is 1. The molecule has 2 heterocycles. The van der Waals surface area contributed by atoms with Crippen LogP contribution in [0.1, 0.15) is 39.0 Å². The summed E-state index contributed by atoms with van der Waals surface area (Å²) in [6, 6.07) is 10.3. The minimum Gasteiger partial charge on any atom is -0.356 e. The molecule has 0 radical (unpaired) electrons. The lowest BCUT2D eigenvalue weighted by molar-refractivity contribution is -0.147. The lowest BCUT2D eigenvalue weighted by atomic mass is 9.97. The van der Waals surface area contributed by atoms with Crippen LogP contribution in [0.4, 0.5) is 0 Å². The number of nitrogens with one attached hydrogen (secondary N) is 2. The number of amides is 3. The van der Waals surface area contributed by atoms with Crippen LogP contribution in [0, 0.1) is 5.92 Å². The van der Waals surface area contributed by atoms with Crippen molar-refractivity contribution in [3.05, 3.63) is 36.5 Å². The highest BCUT2D eigenvalue weighted by molar-refractivity contribution is 6.35. The average molecular weight is 413 g/mol. The molecule has 0 aliphatic carbocycles. The molecule has 1 unspecified atom stereocenters. The Bertz CT molecular complexity index is 876. The number of fused-ring (bicyclic) bond motifs is 1. The van der Waals surface area contributed by atoms with Crippen LogP contribution < -0.4 is 10.6 Å². The third-order valence-electron chi connectivity index (χ3n) is 5.61. The van der Waals surface area contributed by atoms with Crippen LogP contribution in [0.15, 0.2) is 36.5 Å². The Kier molecular flexibility index (Phi) is 7.88. The molecule has 2 N–H and O–H groups in total. The molecule has 1 aliphatic rings. The van der Waals surface area contributed by atoms with Crippen LogP contribution in [0.5, 0.6) is 0 Å². The summed E-state index contributed by atoms with van der Waals surface area (Å²) >= 11 is 0. The van der Waals surface area contributed by atoms with Crippen LogP contribution in [0.3, 0.4) is 0 Å². The molecule has 0 bridgehead atoms. The zero-order valence-electron chi connectivity index (χ0n) is 17.7. The van der Waals surface area contributed by atoms with Gasteiger partial charge in [-0.3, -0.25) is 14.4 Å². The Morgan fingerprint density at radius 2 is 1.97 bits per heavy atom. The number of carbonyl (C=O) groups is 3. The fourth-order valence-corrected chi connectivity index (χ4v) is 4.00. The third-order valence-corrected chi connectivity index (χ3v) is 5.61. The highest BCUT2D eigenvalue weighted by Gasteiger charge is 2.27. The summed E-state index contributed by atoms with van der Waals surface area (Å²) in [7, 11) is 0. The molecular formula is C23H32N4O3. The van der Waals surface area contributed by atoms with Gasteiger partial charge in [0.15, 0.2) is 0 Å². The van der Waals surface area contributed by atoms with Gasteiger partial charge in [0.2, 0.25) is 5.91 Å². The summed E-state index contributed by atoms with van der Waals surface area (Å²) in [6.07, 6.45) is 5.96. The number of aromatic nitrogens is 1. The predicted molar refractivity (Wildman–Crippen MR) is 117 cm³/mol. The zero-order valence-corrected chi connectivity index (χ0v) is 17.7.